The van der Waals surface area contributed by atoms with Crippen molar-refractivity contribution in [2.75, 3.05) is 6.79 Å². The molecule has 3 aromatic rings. The summed E-state index contributed by atoms with van der Waals surface area (Å²) in [7, 11) is 0. The van der Waals surface area contributed by atoms with Gasteiger partial charge in [-0.3, -0.25) is 19.7 Å². The maximum atomic E-state index is 12.4. The fraction of sp³-hybridized carbons (Fsp3) is 0.200. The van der Waals surface area contributed by atoms with Crippen molar-refractivity contribution in [1.29, 1.82) is 0 Å². The Morgan fingerprint density at radius 1 is 1.04 bits per heavy atom. The molecule has 0 atom stereocenters. The van der Waals surface area contributed by atoms with Gasteiger partial charge >= 0.3 is 0 Å². The van der Waals surface area contributed by atoms with Crippen molar-refractivity contribution >= 4 is 5.78 Å². The minimum atomic E-state index is -0.0167. The number of fused-ring (bicyclic) bond motifs is 1. The monoisotopic (exact) mass is 347 g/mol. The van der Waals surface area contributed by atoms with E-state index >= 15 is 0 Å². The molecule has 4 rings (SSSR count). The Bertz CT molecular complexity index is 984. The molecule has 0 N–H and O–H groups in total. The van der Waals surface area contributed by atoms with Crippen LogP contribution >= 0.6 is 0 Å². The highest BCUT2D eigenvalue weighted by Crippen LogP contribution is 2.37. The number of nitrogens with zero attached hydrogens (tertiary/aromatic N) is 3. The van der Waals surface area contributed by atoms with Crippen molar-refractivity contribution in [3.63, 3.8) is 0 Å². The number of rotatable bonds is 4. The lowest BCUT2D eigenvalue weighted by Gasteiger charge is -2.08. The van der Waals surface area contributed by atoms with Gasteiger partial charge in [0.05, 0.1) is 24.0 Å². The van der Waals surface area contributed by atoms with Crippen molar-refractivity contribution in [3.8, 4) is 22.8 Å². The van der Waals surface area contributed by atoms with Crippen molar-refractivity contribution in [2.24, 2.45) is 0 Å². The number of hydrogen-bond acceptors (Lipinski definition) is 6. The Morgan fingerprint density at radius 2 is 1.85 bits per heavy atom. The van der Waals surface area contributed by atoms with Crippen molar-refractivity contribution in [2.45, 2.75) is 20.3 Å². The molecule has 1 aliphatic rings. The van der Waals surface area contributed by atoms with Gasteiger partial charge in [-0.1, -0.05) is 0 Å². The van der Waals surface area contributed by atoms with E-state index in [0.29, 0.717) is 17.0 Å². The second kappa shape index (κ2) is 6.55. The lowest BCUT2D eigenvalue weighted by atomic mass is 10.0. The van der Waals surface area contributed by atoms with E-state index in [2.05, 4.69) is 15.0 Å². The van der Waals surface area contributed by atoms with E-state index in [1.165, 1.54) is 0 Å². The molecule has 0 bridgehead atoms. The lowest BCUT2D eigenvalue weighted by Crippen LogP contribution is -2.08. The number of hydrogen-bond donors (Lipinski definition) is 0. The minimum absolute atomic E-state index is 0.0167. The number of ether oxygens (including phenoxy) is 2. The number of Topliss-reactive ketones (excluding diaryl/α,β-unsaturated/α-hetero) is 1. The highest BCUT2D eigenvalue weighted by atomic mass is 16.7. The molecular formula is C20H17N3O3. The summed E-state index contributed by atoms with van der Waals surface area (Å²) in [6, 6.07) is 5.66. The van der Waals surface area contributed by atoms with Crippen LogP contribution in [-0.2, 0) is 6.42 Å². The molecule has 0 radical (unpaired) electrons. The number of carbonyl (C=O) groups excluding carboxylic acids is 1. The van der Waals surface area contributed by atoms with E-state index < -0.39 is 0 Å². The number of aryl methyl sites for hydroxylation is 2. The molecule has 26 heavy (non-hydrogen) atoms. The van der Waals surface area contributed by atoms with Gasteiger partial charge in [0, 0.05) is 29.7 Å². The SMILES string of the molecule is Cc1ccncc1C(=O)Cc1cnc(-c2cc3c(cc2C)OCO3)cn1. The van der Waals surface area contributed by atoms with Gasteiger partial charge in [-0.2, -0.15) is 0 Å². The van der Waals surface area contributed by atoms with E-state index in [4.69, 9.17) is 9.47 Å². The molecule has 1 aliphatic heterocycles. The molecule has 3 heterocycles. The van der Waals surface area contributed by atoms with E-state index in [1.54, 1.807) is 24.8 Å². The summed E-state index contributed by atoms with van der Waals surface area (Å²) in [5.41, 5.74) is 4.84. The zero-order valence-electron chi connectivity index (χ0n) is 14.5. The van der Waals surface area contributed by atoms with Crippen molar-refractivity contribution in [3.05, 3.63) is 65.4 Å². The van der Waals surface area contributed by atoms with Crippen molar-refractivity contribution in [1.82, 2.24) is 15.0 Å². The molecule has 0 saturated heterocycles. The molecule has 0 fully saturated rings. The van der Waals surface area contributed by atoms with Gasteiger partial charge in [0.25, 0.3) is 0 Å². The Kier molecular flexibility index (Phi) is 4.08. The lowest BCUT2D eigenvalue weighted by molar-refractivity contribution is 0.0991. The molecule has 0 aliphatic carbocycles. The predicted molar refractivity (Wildman–Crippen MR) is 95.3 cm³/mol. The van der Waals surface area contributed by atoms with Gasteiger partial charge in [-0.15, -0.1) is 0 Å². The first-order chi connectivity index (χ1) is 12.6. The average Bonchev–Trinajstić information content (AvgIpc) is 3.09. The molecule has 1 aromatic carbocycles. The van der Waals surface area contributed by atoms with Crippen LogP contribution in [0.5, 0.6) is 11.5 Å². The first kappa shape index (κ1) is 16.2. The van der Waals surface area contributed by atoms with Crippen LogP contribution in [0.1, 0.15) is 27.2 Å². The Morgan fingerprint density at radius 3 is 2.58 bits per heavy atom. The number of aromatic nitrogens is 3. The van der Waals surface area contributed by atoms with Crippen LogP contribution in [0.25, 0.3) is 11.3 Å². The molecule has 6 nitrogen and oxygen atoms in total. The summed E-state index contributed by atoms with van der Waals surface area (Å²) in [4.78, 5) is 25.3. The van der Waals surface area contributed by atoms with Crippen LogP contribution in [0, 0.1) is 13.8 Å². The molecular weight excluding hydrogens is 330 g/mol. The molecule has 0 amide bonds. The zero-order chi connectivity index (χ0) is 18.1. The summed E-state index contributed by atoms with van der Waals surface area (Å²) in [5, 5.41) is 0. The largest absolute Gasteiger partial charge is 0.454 e. The van der Waals surface area contributed by atoms with Gasteiger partial charge in [-0.25, -0.2) is 0 Å². The number of carbonyl (C=O) groups is 1. The molecule has 130 valence electrons. The third kappa shape index (κ3) is 3.01. The topological polar surface area (TPSA) is 74.2 Å². The van der Waals surface area contributed by atoms with Gasteiger partial charge in [0.2, 0.25) is 6.79 Å². The first-order valence-electron chi connectivity index (χ1n) is 8.27. The molecule has 0 unspecified atom stereocenters. The minimum Gasteiger partial charge on any atom is -0.454 e. The Balaban J connectivity index is 1.56. The second-order valence-electron chi connectivity index (χ2n) is 6.20. The predicted octanol–water partition coefficient (Wildman–Crippen LogP) is 3.31. The standard InChI is InChI=1S/C20H17N3O3/c1-12-3-4-21-9-16(12)18(24)6-14-8-23-17(10-22-14)15-7-20-19(5-13(15)2)25-11-26-20/h3-5,7-10H,6,11H2,1-2H3. The van der Waals surface area contributed by atoms with E-state index in [9.17, 15) is 4.79 Å². The summed E-state index contributed by atoms with van der Waals surface area (Å²) in [6.45, 7) is 4.12. The van der Waals surface area contributed by atoms with Gasteiger partial charge in [0.1, 0.15) is 0 Å². The highest BCUT2D eigenvalue weighted by molar-refractivity contribution is 5.98. The fourth-order valence-electron chi connectivity index (χ4n) is 2.92. The van der Waals surface area contributed by atoms with E-state index in [1.807, 2.05) is 32.0 Å². The van der Waals surface area contributed by atoms with Gasteiger partial charge < -0.3 is 9.47 Å². The highest BCUT2D eigenvalue weighted by Gasteiger charge is 2.17. The smallest absolute Gasteiger partial charge is 0.231 e. The summed E-state index contributed by atoms with van der Waals surface area (Å²) >= 11 is 0. The summed E-state index contributed by atoms with van der Waals surface area (Å²) < 4.78 is 10.8. The molecule has 6 heteroatoms. The molecule has 0 spiro atoms. The third-order valence-electron chi connectivity index (χ3n) is 4.38. The average molecular weight is 347 g/mol. The van der Waals surface area contributed by atoms with Crippen LogP contribution in [0.15, 0.2) is 43.0 Å². The maximum absolute atomic E-state index is 12.4. The summed E-state index contributed by atoms with van der Waals surface area (Å²) in [6.07, 6.45) is 6.79. The fourth-order valence-corrected chi connectivity index (χ4v) is 2.92. The van der Waals surface area contributed by atoms with Gasteiger partial charge in [0.15, 0.2) is 17.3 Å². The maximum Gasteiger partial charge on any atom is 0.231 e. The van der Waals surface area contributed by atoms with Crippen LogP contribution in [0.4, 0.5) is 0 Å². The molecule has 2 aromatic heterocycles. The zero-order valence-corrected chi connectivity index (χ0v) is 14.5. The normalized spacial score (nSPS) is 12.2. The number of benzene rings is 1. The molecule has 0 saturated carbocycles. The van der Waals surface area contributed by atoms with E-state index in [-0.39, 0.29) is 19.0 Å². The Labute approximate surface area is 150 Å². The van der Waals surface area contributed by atoms with Gasteiger partial charge in [-0.05, 0) is 43.2 Å². The first-order valence-corrected chi connectivity index (χ1v) is 8.27. The van der Waals surface area contributed by atoms with Crippen molar-refractivity contribution < 1.29 is 14.3 Å². The number of ketones is 1. The third-order valence-corrected chi connectivity index (χ3v) is 4.38. The second-order valence-corrected chi connectivity index (χ2v) is 6.20. The van der Waals surface area contributed by atoms with E-state index in [0.717, 1.165) is 28.1 Å². The quantitative estimate of drug-likeness (QED) is 0.674. The summed E-state index contributed by atoms with van der Waals surface area (Å²) in [5.74, 6) is 1.43. The number of pyridine rings is 1. The van der Waals surface area contributed by atoms with Crippen LogP contribution in [0.3, 0.4) is 0 Å². The Hall–Kier alpha value is -3.28. The van der Waals surface area contributed by atoms with Crippen LogP contribution < -0.4 is 9.47 Å². The van der Waals surface area contributed by atoms with Crippen LogP contribution in [-0.4, -0.2) is 27.5 Å². The van der Waals surface area contributed by atoms with Crippen LogP contribution in [0.2, 0.25) is 0 Å².